The number of anilines is 2. The standard InChI is InChI=1S/C21H23F4N3O2/c1-12(2)14-4-6-16(7-5-14)28-19(29)10-26-18-9-15(8-17(22)13(18)3)20(30)27-11-21(23,24)25/h4-9,12,26H,10-11H2,1-3H3,(H,27,30)(H,28,29). The van der Waals surface area contributed by atoms with Crippen molar-refractivity contribution in [3.05, 3.63) is 58.9 Å². The van der Waals surface area contributed by atoms with E-state index in [2.05, 4.69) is 24.5 Å². The van der Waals surface area contributed by atoms with Crippen LogP contribution < -0.4 is 16.0 Å². The van der Waals surface area contributed by atoms with Crippen LogP contribution in [0.3, 0.4) is 0 Å². The summed E-state index contributed by atoms with van der Waals surface area (Å²) in [7, 11) is 0. The minimum absolute atomic E-state index is 0.136. The minimum atomic E-state index is -4.58. The molecule has 2 rings (SSSR count). The molecule has 2 aromatic carbocycles. The number of halogens is 4. The second-order valence-corrected chi connectivity index (χ2v) is 7.11. The fourth-order valence-corrected chi connectivity index (χ4v) is 2.61. The second kappa shape index (κ2) is 9.60. The SMILES string of the molecule is Cc1c(F)cc(C(=O)NCC(F)(F)F)cc1NCC(=O)Nc1ccc(C(C)C)cc1. The van der Waals surface area contributed by atoms with Gasteiger partial charge in [0.25, 0.3) is 5.91 Å². The molecule has 2 aromatic rings. The van der Waals surface area contributed by atoms with E-state index < -0.39 is 30.4 Å². The predicted molar refractivity (Wildman–Crippen MR) is 107 cm³/mol. The van der Waals surface area contributed by atoms with Gasteiger partial charge in [0.05, 0.1) is 6.54 Å². The number of hydrogen-bond donors (Lipinski definition) is 3. The summed E-state index contributed by atoms with van der Waals surface area (Å²) in [5, 5.41) is 7.09. The minimum Gasteiger partial charge on any atom is -0.376 e. The van der Waals surface area contributed by atoms with Gasteiger partial charge in [-0.1, -0.05) is 26.0 Å². The lowest BCUT2D eigenvalue weighted by molar-refractivity contribution is -0.123. The lowest BCUT2D eigenvalue weighted by atomic mass is 10.0. The van der Waals surface area contributed by atoms with Crippen LogP contribution in [0.1, 0.15) is 41.3 Å². The summed E-state index contributed by atoms with van der Waals surface area (Å²) in [6, 6.07) is 9.39. The number of benzene rings is 2. The lowest BCUT2D eigenvalue weighted by Crippen LogP contribution is -2.33. The predicted octanol–water partition coefficient (Wildman–Crippen LogP) is 4.60. The van der Waals surface area contributed by atoms with E-state index in [1.807, 2.05) is 12.1 Å². The molecular weight excluding hydrogens is 402 g/mol. The molecule has 0 heterocycles. The molecule has 0 radical (unpaired) electrons. The van der Waals surface area contributed by atoms with Gasteiger partial charge < -0.3 is 16.0 Å². The van der Waals surface area contributed by atoms with Crippen LogP contribution >= 0.6 is 0 Å². The average molecular weight is 425 g/mol. The van der Waals surface area contributed by atoms with Crippen LogP contribution in [0.4, 0.5) is 28.9 Å². The third-order valence-electron chi connectivity index (χ3n) is 4.36. The molecule has 0 spiro atoms. The van der Waals surface area contributed by atoms with Crippen molar-refractivity contribution in [3.8, 4) is 0 Å². The first kappa shape index (κ1) is 23.2. The van der Waals surface area contributed by atoms with Gasteiger partial charge in [-0.2, -0.15) is 13.2 Å². The van der Waals surface area contributed by atoms with Gasteiger partial charge in [0, 0.05) is 22.5 Å². The molecule has 0 aliphatic heterocycles. The maximum absolute atomic E-state index is 14.1. The van der Waals surface area contributed by atoms with E-state index in [0.29, 0.717) is 11.6 Å². The molecule has 9 heteroatoms. The number of rotatable bonds is 7. The van der Waals surface area contributed by atoms with E-state index in [1.165, 1.54) is 13.0 Å². The van der Waals surface area contributed by atoms with Crippen molar-refractivity contribution in [1.29, 1.82) is 0 Å². The van der Waals surface area contributed by atoms with Crippen LogP contribution in [0, 0.1) is 12.7 Å². The quantitative estimate of drug-likeness (QED) is 0.568. The number of carbonyl (C=O) groups excluding carboxylic acids is 2. The molecule has 5 nitrogen and oxygen atoms in total. The highest BCUT2D eigenvalue weighted by molar-refractivity contribution is 5.96. The summed E-state index contributed by atoms with van der Waals surface area (Å²) >= 11 is 0. The fraction of sp³-hybridized carbons (Fsp3) is 0.333. The van der Waals surface area contributed by atoms with Gasteiger partial charge in [0.2, 0.25) is 5.91 Å². The van der Waals surface area contributed by atoms with Crippen molar-refractivity contribution in [2.24, 2.45) is 0 Å². The number of amides is 2. The van der Waals surface area contributed by atoms with Crippen LogP contribution in [-0.4, -0.2) is 31.1 Å². The maximum Gasteiger partial charge on any atom is 0.405 e. The average Bonchev–Trinajstić information content (AvgIpc) is 2.67. The Bertz CT molecular complexity index is 910. The summed E-state index contributed by atoms with van der Waals surface area (Å²) in [5.74, 6) is -1.89. The van der Waals surface area contributed by atoms with Crippen molar-refractivity contribution < 1.29 is 27.2 Å². The lowest BCUT2D eigenvalue weighted by Gasteiger charge is -2.14. The summed E-state index contributed by atoms with van der Waals surface area (Å²) in [5.41, 5.74) is 1.70. The zero-order chi connectivity index (χ0) is 22.5. The second-order valence-electron chi connectivity index (χ2n) is 7.11. The highest BCUT2D eigenvalue weighted by Crippen LogP contribution is 2.22. The first-order valence-corrected chi connectivity index (χ1v) is 9.25. The normalized spacial score (nSPS) is 11.3. The van der Waals surface area contributed by atoms with Crippen molar-refractivity contribution >= 4 is 23.2 Å². The van der Waals surface area contributed by atoms with E-state index in [9.17, 15) is 27.2 Å². The van der Waals surface area contributed by atoms with Gasteiger partial charge in [-0.05, 0) is 42.7 Å². The van der Waals surface area contributed by atoms with E-state index in [1.54, 1.807) is 17.4 Å². The zero-order valence-corrected chi connectivity index (χ0v) is 16.8. The van der Waals surface area contributed by atoms with Gasteiger partial charge in [-0.3, -0.25) is 9.59 Å². The van der Waals surface area contributed by atoms with Gasteiger partial charge in [-0.25, -0.2) is 4.39 Å². The Kier molecular flexibility index (Phi) is 7.42. The molecular formula is C21H23F4N3O2. The highest BCUT2D eigenvalue weighted by Gasteiger charge is 2.28. The van der Waals surface area contributed by atoms with Crippen LogP contribution in [0.15, 0.2) is 36.4 Å². The number of hydrogen-bond acceptors (Lipinski definition) is 3. The van der Waals surface area contributed by atoms with E-state index in [4.69, 9.17) is 0 Å². The van der Waals surface area contributed by atoms with E-state index in [0.717, 1.165) is 11.6 Å². The summed E-state index contributed by atoms with van der Waals surface area (Å²) in [6.45, 7) is 3.78. The molecule has 0 atom stereocenters. The number of carbonyl (C=O) groups is 2. The number of nitrogens with one attached hydrogen (secondary N) is 3. The van der Waals surface area contributed by atoms with Crippen LogP contribution in [-0.2, 0) is 4.79 Å². The molecule has 0 aliphatic rings. The molecule has 0 aromatic heterocycles. The van der Waals surface area contributed by atoms with Crippen molar-refractivity contribution in [2.75, 3.05) is 23.7 Å². The Morgan fingerprint density at radius 1 is 1.07 bits per heavy atom. The molecule has 162 valence electrons. The molecule has 2 amide bonds. The van der Waals surface area contributed by atoms with Crippen LogP contribution in [0.5, 0.6) is 0 Å². The fourth-order valence-electron chi connectivity index (χ4n) is 2.61. The highest BCUT2D eigenvalue weighted by atomic mass is 19.4. The molecule has 0 unspecified atom stereocenters. The molecule has 0 aliphatic carbocycles. The first-order valence-electron chi connectivity index (χ1n) is 9.25. The molecule has 0 saturated carbocycles. The third-order valence-corrected chi connectivity index (χ3v) is 4.36. The topological polar surface area (TPSA) is 70.2 Å². The Balaban J connectivity index is 2.02. The molecule has 0 saturated heterocycles. The molecule has 0 bridgehead atoms. The van der Waals surface area contributed by atoms with Gasteiger partial charge in [0.15, 0.2) is 0 Å². The first-order chi connectivity index (χ1) is 14.0. The van der Waals surface area contributed by atoms with Crippen LogP contribution in [0.25, 0.3) is 0 Å². The summed E-state index contributed by atoms with van der Waals surface area (Å²) in [6.07, 6.45) is -4.58. The Morgan fingerprint density at radius 2 is 1.70 bits per heavy atom. The van der Waals surface area contributed by atoms with Crippen LogP contribution in [0.2, 0.25) is 0 Å². The largest absolute Gasteiger partial charge is 0.405 e. The molecule has 0 fully saturated rings. The smallest absolute Gasteiger partial charge is 0.376 e. The Morgan fingerprint density at radius 3 is 2.27 bits per heavy atom. The third kappa shape index (κ3) is 6.75. The van der Waals surface area contributed by atoms with Gasteiger partial charge >= 0.3 is 6.18 Å². The monoisotopic (exact) mass is 425 g/mol. The van der Waals surface area contributed by atoms with Crippen molar-refractivity contribution in [2.45, 2.75) is 32.9 Å². The van der Waals surface area contributed by atoms with E-state index >= 15 is 0 Å². The maximum atomic E-state index is 14.1. The Hall–Kier alpha value is -3.10. The van der Waals surface area contributed by atoms with Gasteiger partial charge in [0.1, 0.15) is 12.4 Å². The molecule has 3 N–H and O–H groups in total. The molecule has 30 heavy (non-hydrogen) atoms. The summed E-state index contributed by atoms with van der Waals surface area (Å²) in [4.78, 5) is 24.0. The van der Waals surface area contributed by atoms with Crippen molar-refractivity contribution in [3.63, 3.8) is 0 Å². The summed E-state index contributed by atoms with van der Waals surface area (Å²) < 4.78 is 50.9. The van der Waals surface area contributed by atoms with Crippen molar-refractivity contribution in [1.82, 2.24) is 5.32 Å². The number of alkyl halides is 3. The Labute approximate surface area is 171 Å². The zero-order valence-electron chi connectivity index (χ0n) is 16.8. The van der Waals surface area contributed by atoms with Gasteiger partial charge in [-0.15, -0.1) is 0 Å². The van der Waals surface area contributed by atoms with E-state index in [-0.39, 0.29) is 23.4 Å².